The van der Waals surface area contributed by atoms with Crippen molar-refractivity contribution >= 4 is 57.2 Å². The summed E-state index contributed by atoms with van der Waals surface area (Å²) in [4.78, 5) is 5.40. The number of aliphatic imine (C=N–C) groups is 1. The summed E-state index contributed by atoms with van der Waals surface area (Å²) < 4.78 is 14.2. The van der Waals surface area contributed by atoms with Gasteiger partial charge in [-0.15, -0.1) is 35.3 Å². The smallest absolute Gasteiger partial charge is 0.191 e. The van der Waals surface area contributed by atoms with Crippen LogP contribution < -0.4 is 10.6 Å². The quantitative estimate of drug-likeness (QED) is 0.369. The molecule has 0 amide bonds. The van der Waals surface area contributed by atoms with Crippen LogP contribution in [0.1, 0.15) is 10.4 Å². The maximum absolute atomic E-state index is 13.1. The summed E-state index contributed by atoms with van der Waals surface area (Å²) in [5.74, 6) is 0.550. The van der Waals surface area contributed by atoms with Crippen LogP contribution in [0.2, 0.25) is 0 Å². The minimum Gasteiger partial charge on any atom is -0.356 e. The minimum absolute atomic E-state index is 0. The molecule has 1 aromatic carbocycles. The van der Waals surface area contributed by atoms with Crippen molar-refractivity contribution in [1.29, 1.82) is 0 Å². The topological polar surface area (TPSA) is 36.4 Å². The van der Waals surface area contributed by atoms with Crippen LogP contribution in [-0.2, 0) is 13.0 Å². The fraction of sp³-hybridized carbons (Fsp3) is 0.267. The van der Waals surface area contributed by atoms with Gasteiger partial charge in [-0.3, -0.25) is 4.99 Å². The van der Waals surface area contributed by atoms with Crippen molar-refractivity contribution in [2.45, 2.75) is 13.0 Å². The van der Waals surface area contributed by atoms with Crippen molar-refractivity contribution in [3.05, 3.63) is 56.4 Å². The Bertz CT molecular complexity index is 618. The zero-order chi connectivity index (χ0) is 15.1. The Hall–Kier alpha value is -0.670. The number of benzene rings is 1. The summed E-state index contributed by atoms with van der Waals surface area (Å²) in [7, 11) is 1.74. The Morgan fingerprint density at radius 1 is 1.32 bits per heavy atom. The first kappa shape index (κ1) is 19.4. The predicted molar refractivity (Wildman–Crippen MR) is 106 cm³/mol. The summed E-state index contributed by atoms with van der Waals surface area (Å²) in [6, 6.07) is 8.74. The molecule has 0 aliphatic carbocycles. The number of halogens is 3. The van der Waals surface area contributed by atoms with E-state index in [1.807, 2.05) is 6.07 Å². The highest BCUT2D eigenvalue weighted by Gasteiger charge is 2.01. The standard InChI is InChI=1S/C15H17BrFN3S.HI/c1-18-15(20-9-14-8-12(16)10-21-14)19-6-5-11-3-2-4-13(17)7-11;/h2-4,7-8,10H,5-6,9H2,1H3,(H2,18,19,20);1H. The number of thiophene rings is 1. The molecule has 0 unspecified atom stereocenters. The summed E-state index contributed by atoms with van der Waals surface area (Å²) in [5, 5.41) is 8.53. The minimum atomic E-state index is -0.196. The average molecular weight is 498 g/mol. The van der Waals surface area contributed by atoms with Gasteiger partial charge < -0.3 is 10.6 Å². The number of hydrogen-bond acceptors (Lipinski definition) is 2. The van der Waals surface area contributed by atoms with Crippen LogP contribution in [0.25, 0.3) is 0 Å². The van der Waals surface area contributed by atoms with Crippen molar-refractivity contribution < 1.29 is 4.39 Å². The second-order valence-electron chi connectivity index (χ2n) is 4.46. The van der Waals surface area contributed by atoms with Gasteiger partial charge in [-0.05, 0) is 46.1 Å². The van der Waals surface area contributed by atoms with E-state index in [9.17, 15) is 4.39 Å². The molecule has 0 fully saturated rings. The van der Waals surface area contributed by atoms with E-state index in [1.165, 1.54) is 10.9 Å². The summed E-state index contributed by atoms with van der Waals surface area (Å²) in [5.41, 5.74) is 0.972. The first-order chi connectivity index (χ1) is 10.2. The predicted octanol–water partition coefficient (Wildman–Crippen LogP) is 4.18. The average Bonchev–Trinajstić information content (AvgIpc) is 2.88. The van der Waals surface area contributed by atoms with Crippen molar-refractivity contribution in [3.8, 4) is 0 Å². The first-order valence-corrected chi connectivity index (χ1v) is 8.26. The van der Waals surface area contributed by atoms with Crippen LogP contribution in [0.15, 0.2) is 45.2 Å². The van der Waals surface area contributed by atoms with Crippen LogP contribution in [0.5, 0.6) is 0 Å². The van der Waals surface area contributed by atoms with Gasteiger partial charge in [0.05, 0.1) is 6.54 Å². The molecule has 0 atom stereocenters. The lowest BCUT2D eigenvalue weighted by atomic mass is 10.1. The van der Waals surface area contributed by atoms with Gasteiger partial charge in [0.25, 0.3) is 0 Å². The van der Waals surface area contributed by atoms with Gasteiger partial charge in [0.1, 0.15) is 5.82 Å². The molecule has 2 rings (SSSR count). The van der Waals surface area contributed by atoms with Crippen LogP contribution in [0.4, 0.5) is 4.39 Å². The van der Waals surface area contributed by atoms with Crippen LogP contribution in [-0.4, -0.2) is 19.6 Å². The highest BCUT2D eigenvalue weighted by Crippen LogP contribution is 2.19. The molecule has 0 radical (unpaired) electrons. The number of nitrogens with zero attached hydrogens (tertiary/aromatic N) is 1. The van der Waals surface area contributed by atoms with Gasteiger partial charge in [-0.25, -0.2) is 4.39 Å². The van der Waals surface area contributed by atoms with E-state index in [0.717, 1.165) is 29.0 Å². The zero-order valence-corrected chi connectivity index (χ0v) is 16.8. The molecule has 1 aromatic heterocycles. The lowest BCUT2D eigenvalue weighted by Gasteiger charge is -2.11. The third-order valence-corrected chi connectivity index (χ3v) is 4.57. The third-order valence-electron chi connectivity index (χ3n) is 2.87. The first-order valence-electron chi connectivity index (χ1n) is 6.59. The van der Waals surface area contributed by atoms with Crippen molar-refractivity contribution in [3.63, 3.8) is 0 Å². The number of nitrogens with one attached hydrogen (secondary N) is 2. The lowest BCUT2D eigenvalue weighted by Crippen LogP contribution is -2.37. The molecule has 0 saturated heterocycles. The van der Waals surface area contributed by atoms with E-state index in [1.54, 1.807) is 30.5 Å². The maximum atomic E-state index is 13.1. The number of hydrogen-bond donors (Lipinski definition) is 2. The Morgan fingerprint density at radius 3 is 2.77 bits per heavy atom. The molecule has 0 aliphatic heterocycles. The molecule has 3 nitrogen and oxygen atoms in total. The molecular weight excluding hydrogens is 480 g/mol. The van der Waals surface area contributed by atoms with E-state index in [-0.39, 0.29) is 29.8 Å². The summed E-state index contributed by atoms with van der Waals surface area (Å²) >= 11 is 5.13. The highest BCUT2D eigenvalue weighted by atomic mass is 127. The van der Waals surface area contributed by atoms with Gasteiger partial charge in [0.2, 0.25) is 0 Å². The Morgan fingerprint density at radius 2 is 2.14 bits per heavy atom. The maximum Gasteiger partial charge on any atom is 0.191 e. The molecule has 0 saturated carbocycles. The summed E-state index contributed by atoms with van der Waals surface area (Å²) in [6.07, 6.45) is 0.753. The van der Waals surface area contributed by atoms with Crippen molar-refractivity contribution in [2.75, 3.05) is 13.6 Å². The SMILES string of the molecule is CN=C(NCCc1cccc(F)c1)NCc1cc(Br)cs1.I. The molecule has 7 heteroatoms. The molecule has 22 heavy (non-hydrogen) atoms. The Kier molecular flexibility index (Phi) is 8.96. The Balaban J connectivity index is 0.00000242. The van der Waals surface area contributed by atoms with E-state index in [0.29, 0.717) is 6.54 Å². The van der Waals surface area contributed by atoms with Crippen molar-refractivity contribution in [1.82, 2.24) is 10.6 Å². The fourth-order valence-electron chi connectivity index (χ4n) is 1.86. The zero-order valence-electron chi connectivity index (χ0n) is 12.1. The van der Waals surface area contributed by atoms with Gasteiger partial charge in [0.15, 0.2) is 5.96 Å². The van der Waals surface area contributed by atoms with Gasteiger partial charge in [-0.2, -0.15) is 0 Å². The van der Waals surface area contributed by atoms with Crippen LogP contribution in [0.3, 0.4) is 0 Å². The van der Waals surface area contributed by atoms with Gasteiger partial charge in [-0.1, -0.05) is 12.1 Å². The fourth-order valence-corrected chi connectivity index (χ4v) is 3.25. The molecule has 2 aromatic rings. The van der Waals surface area contributed by atoms with E-state index in [2.05, 4.69) is 43.0 Å². The number of guanidine groups is 1. The second-order valence-corrected chi connectivity index (χ2v) is 6.38. The normalized spacial score (nSPS) is 11.0. The monoisotopic (exact) mass is 497 g/mol. The third kappa shape index (κ3) is 6.62. The Labute approximate surface area is 159 Å². The van der Waals surface area contributed by atoms with Crippen LogP contribution >= 0.6 is 51.2 Å². The highest BCUT2D eigenvalue weighted by molar-refractivity contribution is 14.0. The van der Waals surface area contributed by atoms with Gasteiger partial charge in [0, 0.05) is 28.3 Å². The second kappa shape index (κ2) is 10.2. The molecule has 0 aliphatic rings. The lowest BCUT2D eigenvalue weighted by molar-refractivity contribution is 0.625. The molecule has 2 N–H and O–H groups in total. The van der Waals surface area contributed by atoms with Gasteiger partial charge >= 0.3 is 0 Å². The molecule has 1 heterocycles. The largest absolute Gasteiger partial charge is 0.356 e. The van der Waals surface area contributed by atoms with E-state index in [4.69, 9.17) is 0 Å². The van der Waals surface area contributed by atoms with E-state index >= 15 is 0 Å². The van der Waals surface area contributed by atoms with E-state index < -0.39 is 0 Å². The number of rotatable bonds is 5. The molecular formula is C15H18BrFIN3S. The van der Waals surface area contributed by atoms with Crippen LogP contribution in [0, 0.1) is 5.82 Å². The molecule has 0 spiro atoms. The molecule has 120 valence electrons. The molecule has 0 bridgehead atoms. The van der Waals surface area contributed by atoms with Crippen molar-refractivity contribution in [2.24, 2.45) is 4.99 Å². The summed E-state index contributed by atoms with van der Waals surface area (Å²) in [6.45, 7) is 1.44.